The van der Waals surface area contributed by atoms with Gasteiger partial charge in [-0.1, -0.05) is 0 Å². The fourth-order valence-electron chi connectivity index (χ4n) is 3.71. The molecule has 152 valence electrons. The summed E-state index contributed by atoms with van der Waals surface area (Å²) >= 11 is 0. The Morgan fingerprint density at radius 2 is 1.86 bits per heavy atom. The van der Waals surface area contributed by atoms with Crippen LogP contribution in [0.1, 0.15) is 43.0 Å². The van der Waals surface area contributed by atoms with E-state index in [0.29, 0.717) is 24.2 Å². The van der Waals surface area contributed by atoms with Gasteiger partial charge in [-0.2, -0.15) is 25.3 Å². The first-order chi connectivity index (χ1) is 12.6. The average molecular weight is 544 g/mol. The molecule has 1 aromatic carbocycles. The molecule has 1 N–H and O–H groups in total. The zero-order valence-electron chi connectivity index (χ0n) is 15.1. The van der Waals surface area contributed by atoms with Gasteiger partial charge in [0.1, 0.15) is 5.82 Å². The fourth-order valence-corrected chi connectivity index (χ4v) is 4.24. The molecular weight excluding hydrogens is 524 g/mol. The molecule has 1 saturated carbocycles. The molecule has 1 fully saturated rings. The number of halogens is 4. The van der Waals surface area contributed by atoms with E-state index >= 15 is 0 Å². The number of benzene rings is 1. The first-order valence-electron chi connectivity index (χ1n) is 8.54. The summed E-state index contributed by atoms with van der Waals surface area (Å²) in [7, 11) is -3.50. The second kappa shape index (κ2) is 9.09. The van der Waals surface area contributed by atoms with Crippen molar-refractivity contribution in [3.63, 3.8) is 0 Å². The first kappa shape index (κ1) is 23.8. The van der Waals surface area contributed by atoms with Crippen molar-refractivity contribution in [2.75, 3.05) is 6.26 Å². The van der Waals surface area contributed by atoms with E-state index in [0.717, 1.165) is 6.26 Å². The van der Waals surface area contributed by atoms with E-state index in [-0.39, 0.29) is 65.5 Å². The van der Waals surface area contributed by atoms with Crippen LogP contribution in [0.4, 0.5) is 17.6 Å². The van der Waals surface area contributed by atoms with Gasteiger partial charge < -0.3 is 4.98 Å². The van der Waals surface area contributed by atoms with Crippen LogP contribution in [0.5, 0.6) is 0 Å². The molecule has 1 aliphatic carbocycles. The van der Waals surface area contributed by atoms with Gasteiger partial charge in [0.15, 0.2) is 14.9 Å². The van der Waals surface area contributed by atoms with Crippen molar-refractivity contribution in [1.82, 2.24) is 9.97 Å². The van der Waals surface area contributed by atoms with E-state index in [1.54, 1.807) is 0 Å². The number of H-pyrrole nitrogens is 1. The largest absolute Gasteiger partial charge is 0.391 e. The smallest absolute Gasteiger partial charge is 0.333 e. The minimum atomic E-state index is -4.21. The molecule has 1 aliphatic rings. The summed E-state index contributed by atoms with van der Waals surface area (Å²) in [6.45, 7) is 0. The van der Waals surface area contributed by atoms with Crippen molar-refractivity contribution in [1.29, 1.82) is 0 Å². The predicted octanol–water partition coefficient (Wildman–Crippen LogP) is 4.25. The molecule has 0 saturated heterocycles. The van der Waals surface area contributed by atoms with Crippen molar-refractivity contribution < 1.29 is 67.7 Å². The Labute approximate surface area is 194 Å². The average Bonchev–Trinajstić information content (AvgIpc) is 3.06. The molecule has 2 aromatic rings. The minimum Gasteiger partial charge on any atom is -0.333 e. The maximum atomic E-state index is 13.3. The molecule has 1 atom stereocenters. The third-order valence-corrected chi connectivity index (χ3v) is 6.14. The number of hydrogen-bond acceptors (Lipinski definition) is 3. The number of hydrogen-bond donors (Lipinski definition) is 1. The van der Waals surface area contributed by atoms with Gasteiger partial charge in [0, 0.05) is 53.8 Å². The quantitative estimate of drug-likeness (QED) is 0.464. The number of alkyl halides is 3. The Kier molecular flexibility index (Phi) is 7.71. The summed E-state index contributed by atoms with van der Waals surface area (Å²) in [4.78, 5) is 6.94. The predicted molar refractivity (Wildman–Crippen MR) is 90.3 cm³/mol. The number of aromatic nitrogens is 2. The zero-order valence-corrected chi connectivity index (χ0v) is 19.0. The second-order valence-corrected chi connectivity index (χ2v) is 8.99. The van der Waals surface area contributed by atoms with Crippen LogP contribution in [0.15, 0.2) is 29.4 Å². The van der Waals surface area contributed by atoms with E-state index < -0.39 is 33.7 Å². The maximum Gasteiger partial charge on any atom is 0.391 e. The summed E-state index contributed by atoms with van der Waals surface area (Å²) in [6, 6.07) is 6.66. The molecule has 28 heavy (non-hydrogen) atoms. The van der Waals surface area contributed by atoms with Crippen LogP contribution in [0.2, 0.25) is 0 Å². The van der Waals surface area contributed by atoms with Crippen LogP contribution >= 0.6 is 0 Å². The number of rotatable bonds is 4. The van der Waals surface area contributed by atoms with Crippen LogP contribution in [0.3, 0.4) is 0 Å². The SMILES string of the molecule is CS(=O)(=O)c1cnc([C@@H](c2c[c-]c(F)cc2)C2CCC(C(F)(F)F)CC2)[nH]1.[Ce]. The van der Waals surface area contributed by atoms with Crippen LogP contribution in [-0.2, 0) is 9.84 Å². The Bertz CT molecular complexity index is 889. The van der Waals surface area contributed by atoms with Crippen molar-refractivity contribution in [3.8, 4) is 0 Å². The molecule has 1 aromatic heterocycles. The van der Waals surface area contributed by atoms with Crippen LogP contribution in [-0.4, -0.2) is 30.8 Å². The Morgan fingerprint density at radius 3 is 2.32 bits per heavy atom. The zero-order chi connectivity index (χ0) is 19.8. The van der Waals surface area contributed by atoms with Crippen molar-refractivity contribution in [2.45, 2.75) is 42.8 Å². The molecule has 0 unspecified atom stereocenters. The fraction of sp³-hybridized carbons (Fsp3) is 0.500. The summed E-state index contributed by atoms with van der Waals surface area (Å²) < 4.78 is 75.6. The molecule has 3 rings (SSSR count). The van der Waals surface area contributed by atoms with E-state index in [2.05, 4.69) is 16.0 Å². The normalized spacial score (nSPS) is 21.8. The summed E-state index contributed by atoms with van der Waals surface area (Å²) in [6.07, 6.45) is -1.31. The molecule has 0 aliphatic heterocycles. The van der Waals surface area contributed by atoms with Gasteiger partial charge in [-0.15, -0.1) is 17.7 Å². The number of sulfone groups is 1. The summed E-state index contributed by atoms with van der Waals surface area (Å²) in [5, 5.41) is -0.0578. The van der Waals surface area contributed by atoms with Gasteiger partial charge >= 0.3 is 6.18 Å². The molecule has 0 radical (unpaired) electrons. The van der Waals surface area contributed by atoms with Gasteiger partial charge in [0.05, 0.1) is 12.1 Å². The topological polar surface area (TPSA) is 62.8 Å². The van der Waals surface area contributed by atoms with Crippen LogP contribution in [0, 0.1) is 65.5 Å². The molecule has 0 amide bonds. The number of imidazole rings is 1. The third kappa shape index (κ3) is 5.54. The summed E-state index contributed by atoms with van der Waals surface area (Å²) in [5.41, 5.74) is 0.640. The minimum absolute atomic E-state index is 0. The molecule has 1 heterocycles. The van der Waals surface area contributed by atoms with Gasteiger partial charge in [0.2, 0.25) is 0 Å². The van der Waals surface area contributed by atoms with Gasteiger partial charge in [0.25, 0.3) is 0 Å². The van der Waals surface area contributed by atoms with E-state index in [1.807, 2.05) is 0 Å². The third-order valence-electron chi connectivity index (χ3n) is 5.13. The molecule has 4 nitrogen and oxygen atoms in total. The van der Waals surface area contributed by atoms with E-state index in [9.17, 15) is 26.0 Å². The van der Waals surface area contributed by atoms with Gasteiger partial charge in [-0.3, -0.25) is 0 Å². The molecule has 10 heteroatoms. The summed E-state index contributed by atoms with van der Waals surface area (Å²) in [5.74, 6) is -2.13. The Balaban J connectivity index is 0.00000280. The molecule has 0 spiro atoms. The van der Waals surface area contributed by atoms with E-state index in [1.165, 1.54) is 24.4 Å². The van der Waals surface area contributed by atoms with Crippen molar-refractivity contribution >= 4 is 9.84 Å². The number of aromatic amines is 1. The van der Waals surface area contributed by atoms with Gasteiger partial charge in [-0.25, -0.2) is 17.8 Å². The monoisotopic (exact) mass is 543 g/mol. The molecular formula is C18H19CeF4N2O2S-. The van der Waals surface area contributed by atoms with Crippen LogP contribution < -0.4 is 0 Å². The Morgan fingerprint density at radius 1 is 1.21 bits per heavy atom. The van der Waals surface area contributed by atoms with Crippen LogP contribution in [0.25, 0.3) is 0 Å². The van der Waals surface area contributed by atoms with Gasteiger partial charge in [-0.05, 0) is 37.5 Å². The number of nitrogens with one attached hydrogen (secondary N) is 1. The van der Waals surface area contributed by atoms with Crippen molar-refractivity contribution in [2.24, 2.45) is 11.8 Å². The standard InChI is InChI=1S/C18H19F4N2O2S.Ce/c1-27(25,26)15-10-23-17(24-15)16(12-4-8-14(19)9-5-12)11-2-6-13(7-3-11)18(20,21)22;/h4-5,8,10-11,13,16H,2-3,6-7H2,1H3,(H,23,24);/q-1;/t11?,13?,16-;/m1./s1. The first-order valence-corrected chi connectivity index (χ1v) is 10.4. The molecule has 0 bridgehead atoms. The van der Waals surface area contributed by atoms with E-state index in [4.69, 9.17) is 0 Å². The second-order valence-electron chi connectivity index (χ2n) is 7.01. The number of nitrogens with zero attached hydrogens (tertiary/aromatic N) is 1. The Hall–Kier alpha value is -0.523. The maximum absolute atomic E-state index is 13.3. The van der Waals surface area contributed by atoms with Crippen molar-refractivity contribution in [3.05, 3.63) is 47.7 Å².